The van der Waals surface area contributed by atoms with Crippen LogP contribution in [0.3, 0.4) is 0 Å². The summed E-state index contributed by atoms with van der Waals surface area (Å²) in [5, 5.41) is 9.83. The molecule has 8 nitrogen and oxygen atoms in total. The second-order valence-electron chi connectivity index (χ2n) is 10.7. The minimum Gasteiger partial charge on any atom is -0.370 e. The highest BCUT2D eigenvalue weighted by molar-refractivity contribution is 6.07. The Morgan fingerprint density at radius 2 is 1.68 bits per heavy atom. The van der Waals surface area contributed by atoms with E-state index in [0.29, 0.717) is 76.8 Å². The lowest BCUT2D eigenvalue weighted by atomic mass is 9.81. The number of piperazine rings is 1. The Balaban J connectivity index is 1.33. The molecule has 3 saturated heterocycles. The first-order chi connectivity index (χ1) is 17.9. The van der Waals surface area contributed by atoms with Gasteiger partial charge in [-0.2, -0.15) is 5.26 Å². The molecule has 3 aliphatic rings. The zero-order valence-electron chi connectivity index (χ0n) is 21.4. The number of rotatable bonds is 6. The quantitative estimate of drug-likeness (QED) is 0.587. The SMILES string of the molecule is CC1(C#N)CCN(c2c(C(=O)N3CCN(COCN4CCCC4)CC3)cnc3c(F)cc(F)cc23)CC1. The van der Waals surface area contributed by atoms with Gasteiger partial charge in [0.2, 0.25) is 0 Å². The van der Waals surface area contributed by atoms with E-state index in [2.05, 4.69) is 20.9 Å². The third-order valence-corrected chi connectivity index (χ3v) is 7.95. The van der Waals surface area contributed by atoms with E-state index in [1.54, 1.807) is 4.90 Å². The second kappa shape index (κ2) is 10.9. The Hall–Kier alpha value is -2.87. The van der Waals surface area contributed by atoms with Crippen LogP contribution >= 0.6 is 0 Å². The molecule has 0 spiro atoms. The summed E-state index contributed by atoms with van der Waals surface area (Å²) in [7, 11) is 0. The number of nitriles is 1. The summed E-state index contributed by atoms with van der Waals surface area (Å²) in [6.45, 7) is 8.76. The van der Waals surface area contributed by atoms with Gasteiger partial charge < -0.3 is 14.5 Å². The summed E-state index contributed by atoms with van der Waals surface area (Å²) in [4.78, 5) is 26.2. The molecule has 0 radical (unpaired) electrons. The molecule has 1 amide bonds. The Morgan fingerprint density at radius 1 is 1.03 bits per heavy atom. The van der Waals surface area contributed by atoms with Gasteiger partial charge in [0, 0.05) is 70.0 Å². The smallest absolute Gasteiger partial charge is 0.257 e. The highest BCUT2D eigenvalue weighted by Gasteiger charge is 2.34. The summed E-state index contributed by atoms with van der Waals surface area (Å²) in [6.07, 6.45) is 5.09. The van der Waals surface area contributed by atoms with Gasteiger partial charge in [0.1, 0.15) is 24.8 Å². The van der Waals surface area contributed by atoms with Crippen LogP contribution < -0.4 is 4.90 Å². The van der Waals surface area contributed by atoms with Gasteiger partial charge in [0.25, 0.3) is 5.91 Å². The molecule has 0 atom stereocenters. The summed E-state index contributed by atoms with van der Waals surface area (Å²) < 4.78 is 34.8. The van der Waals surface area contributed by atoms with Crippen LogP contribution in [0.4, 0.5) is 14.5 Å². The van der Waals surface area contributed by atoms with E-state index in [4.69, 9.17) is 4.74 Å². The Bertz CT molecular complexity index is 1180. The standard InChI is InChI=1S/C27H34F2N6O2/c1-27(17-30)4-8-34(9-5-27)25-21-14-20(28)15-23(29)24(21)31-16-22(25)26(36)35-12-10-33(11-13-35)19-37-18-32-6-2-3-7-32/h14-16H,2-13,18-19H2,1H3. The van der Waals surface area contributed by atoms with Crippen molar-refractivity contribution in [3.05, 3.63) is 35.5 Å². The average molecular weight is 513 g/mol. The number of piperidine rings is 1. The molecule has 0 saturated carbocycles. The molecule has 3 aliphatic heterocycles. The number of benzene rings is 1. The van der Waals surface area contributed by atoms with Gasteiger partial charge in [-0.1, -0.05) is 0 Å². The summed E-state index contributed by atoms with van der Waals surface area (Å²) >= 11 is 0. The third-order valence-electron chi connectivity index (χ3n) is 7.95. The van der Waals surface area contributed by atoms with Crippen LogP contribution in [0.2, 0.25) is 0 Å². The first-order valence-corrected chi connectivity index (χ1v) is 13.1. The van der Waals surface area contributed by atoms with E-state index < -0.39 is 17.0 Å². The molecule has 1 aromatic heterocycles. The molecule has 4 heterocycles. The highest BCUT2D eigenvalue weighted by atomic mass is 19.1. The fraction of sp³-hybridized carbons (Fsp3) is 0.593. The Labute approximate surface area is 216 Å². The number of pyridine rings is 1. The van der Waals surface area contributed by atoms with E-state index in [1.807, 2.05) is 11.8 Å². The molecule has 0 N–H and O–H groups in total. The van der Waals surface area contributed by atoms with Gasteiger partial charge in [-0.25, -0.2) is 8.78 Å². The van der Waals surface area contributed by atoms with Crippen LogP contribution in [0, 0.1) is 28.4 Å². The van der Waals surface area contributed by atoms with E-state index in [-0.39, 0.29) is 16.8 Å². The molecular formula is C27H34F2N6O2. The molecule has 198 valence electrons. The summed E-state index contributed by atoms with van der Waals surface area (Å²) in [5.41, 5.74) is 0.441. The average Bonchev–Trinajstić information content (AvgIpc) is 3.42. The zero-order valence-corrected chi connectivity index (χ0v) is 21.4. The van der Waals surface area contributed by atoms with E-state index in [0.717, 1.165) is 19.2 Å². The summed E-state index contributed by atoms with van der Waals surface area (Å²) in [6, 6.07) is 4.45. The first-order valence-electron chi connectivity index (χ1n) is 13.1. The third kappa shape index (κ3) is 5.54. The number of aromatic nitrogens is 1. The number of fused-ring (bicyclic) bond motifs is 1. The second-order valence-corrected chi connectivity index (χ2v) is 10.7. The van der Waals surface area contributed by atoms with Crippen LogP contribution in [0.1, 0.15) is 43.0 Å². The van der Waals surface area contributed by atoms with Gasteiger partial charge in [0.05, 0.1) is 22.7 Å². The Morgan fingerprint density at radius 3 is 2.32 bits per heavy atom. The number of amides is 1. The van der Waals surface area contributed by atoms with Crippen molar-refractivity contribution in [3.8, 4) is 6.07 Å². The predicted octanol–water partition coefficient (Wildman–Crippen LogP) is 3.43. The minimum atomic E-state index is -0.753. The number of hydrogen-bond donors (Lipinski definition) is 0. The monoisotopic (exact) mass is 512 g/mol. The van der Waals surface area contributed by atoms with Crippen LogP contribution in [-0.4, -0.2) is 91.4 Å². The molecule has 0 unspecified atom stereocenters. The number of ether oxygens (including phenoxy) is 1. The molecule has 0 aliphatic carbocycles. The predicted molar refractivity (Wildman–Crippen MR) is 136 cm³/mol. The molecular weight excluding hydrogens is 478 g/mol. The molecule has 5 rings (SSSR count). The number of carbonyl (C=O) groups excluding carboxylic acids is 1. The van der Waals surface area contributed by atoms with Gasteiger partial charge in [0.15, 0.2) is 5.82 Å². The maximum Gasteiger partial charge on any atom is 0.257 e. The number of likely N-dealkylation sites (tertiary alicyclic amines) is 1. The number of halogens is 2. The van der Waals surface area contributed by atoms with Crippen molar-refractivity contribution in [2.45, 2.75) is 32.6 Å². The number of anilines is 1. The van der Waals surface area contributed by atoms with Gasteiger partial charge >= 0.3 is 0 Å². The molecule has 2 aromatic rings. The van der Waals surface area contributed by atoms with Crippen molar-refractivity contribution < 1.29 is 18.3 Å². The van der Waals surface area contributed by atoms with Crippen LogP contribution in [0.5, 0.6) is 0 Å². The van der Waals surface area contributed by atoms with E-state index in [1.165, 1.54) is 25.1 Å². The first kappa shape index (κ1) is 25.8. The lowest BCUT2D eigenvalue weighted by Gasteiger charge is -2.39. The normalized spacial score (nSPS) is 20.9. The van der Waals surface area contributed by atoms with Crippen molar-refractivity contribution >= 4 is 22.5 Å². The van der Waals surface area contributed by atoms with Crippen molar-refractivity contribution in [1.82, 2.24) is 19.7 Å². The molecule has 10 heteroatoms. The maximum absolute atomic E-state index is 14.6. The topological polar surface area (TPSA) is 75.9 Å². The van der Waals surface area contributed by atoms with Crippen LogP contribution in [0.25, 0.3) is 10.9 Å². The largest absolute Gasteiger partial charge is 0.370 e. The fourth-order valence-corrected chi connectivity index (χ4v) is 5.51. The van der Waals surface area contributed by atoms with Crippen LogP contribution in [-0.2, 0) is 4.74 Å². The van der Waals surface area contributed by atoms with Crippen molar-refractivity contribution in [3.63, 3.8) is 0 Å². The van der Waals surface area contributed by atoms with Crippen molar-refractivity contribution in [2.24, 2.45) is 5.41 Å². The van der Waals surface area contributed by atoms with E-state index >= 15 is 0 Å². The van der Waals surface area contributed by atoms with Gasteiger partial charge in [-0.3, -0.25) is 19.6 Å². The maximum atomic E-state index is 14.6. The molecule has 0 bridgehead atoms. The highest BCUT2D eigenvalue weighted by Crippen LogP contribution is 2.38. The van der Waals surface area contributed by atoms with Gasteiger partial charge in [-0.05, 0) is 38.7 Å². The molecule has 37 heavy (non-hydrogen) atoms. The molecule has 1 aromatic carbocycles. The summed E-state index contributed by atoms with van der Waals surface area (Å²) in [5.74, 6) is -1.66. The number of carbonyl (C=O) groups is 1. The van der Waals surface area contributed by atoms with E-state index in [9.17, 15) is 18.8 Å². The lowest BCUT2D eigenvalue weighted by molar-refractivity contribution is -0.0356. The van der Waals surface area contributed by atoms with Crippen molar-refractivity contribution in [2.75, 3.05) is 70.7 Å². The van der Waals surface area contributed by atoms with Crippen LogP contribution in [0.15, 0.2) is 18.3 Å². The zero-order chi connectivity index (χ0) is 26.0. The Kier molecular flexibility index (Phi) is 7.56. The number of hydrogen-bond acceptors (Lipinski definition) is 7. The molecule has 3 fully saturated rings. The minimum absolute atomic E-state index is 0.0431. The number of nitrogens with zero attached hydrogens (tertiary/aromatic N) is 6. The van der Waals surface area contributed by atoms with Gasteiger partial charge in [-0.15, -0.1) is 0 Å². The fourth-order valence-electron chi connectivity index (χ4n) is 5.51. The van der Waals surface area contributed by atoms with Crippen molar-refractivity contribution in [1.29, 1.82) is 5.26 Å². The lowest BCUT2D eigenvalue weighted by Crippen LogP contribution is -2.49.